The summed E-state index contributed by atoms with van der Waals surface area (Å²) in [7, 11) is 0. The summed E-state index contributed by atoms with van der Waals surface area (Å²) in [5, 5.41) is 2.76. The molecular weight excluding hydrogens is 304 g/mol. The van der Waals surface area contributed by atoms with E-state index in [9.17, 15) is 4.79 Å². The Kier molecular flexibility index (Phi) is 4.93. The molecule has 0 aliphatic carbocycles. The molecule has 0 saturated carbocycles. The zero-order valence-corrected chi connectivity index (χ0v) is 14.1. The van der Waals surface area contributed by atoms with E-state index in [1.807, 2.05) is 32.0 Å². The molecular formula is C18H22N4O2. The van der Waals surface area contributed by atoms with Gasteiger partial charge in [-0.25, -0.2) is 9.97 Å². The highest BCUT2D eigenvalue weighted by Gasteiger charge is 2.14. The maximum Gasteiger partial charge on any atom is 0.263 e. The van der Waals surface area contributed by atoms with Crippen LogP contribution in [-0.4, -0.2) is 35.6 Å². The van der Waals surface area contributed by atoms with Crippen molar-refractivity contribution in [1.29, 1.82) is 0 Å². The van der Waals surface area contributed by atoms with E-state index in [1.54, 1.807) is 6.07 Å². The number of anilines is 2. The SMILES string of the molecule is Cc1ccc(OCC(=O)Nc2cc(N3CCCC3)ncn2)cc1C. The van der Waals surface area contributed by atoms with Crippen LogP contribution in [0.1, 0.15) is 24.0 Å². The van der Waals surface area contributed by atoms with E-state index in [2.05, 4.69) is 20.2 Å². The van der Waals surface area contributed by atoms with Gasteiger partial charge in [0.05, 0.1) is 0 Å². The molecule has 0 radical (unpaired) electrons. The molecule has 0 bridgehead atoms. The molecule has 1 amide bonds. The highest BCUT2D eigenvalue weighted by molar-refractivity contribution is 5.91. The monoisotopic (exact) mass is 326 g/mol. The molecule has 0 spiro atoms. The number of nitrogens with one attached hydrogen (secondary N) is 1. The van der Waals surface area contributed by atoms with Gasteiger partial charge in [0.15, 0.2) is 6.61 Å². The van der Waals surface area contributed by atoms with Crippen molar-refractivity contribution in [2.24, 2.45) is 0 Å². The van der Waals surface area contributed by atoms with Gasteiger partial charge in [0.1, 0.15) is 23.7 Å². The average Bonchev–Trinajstić information content (AvgIpc) is 3.11. The first kappa shape index (κ1) is 16.2. The second-order valence-electron chi connectivity index (χ2n) is 6.04. The van der Waals surface area contributed by atoms with Gasteiger partial charge >= 0.3 is 0 Å². The van der Waals surface area contributed by atoms with E-state index in [-0.39, 0.29) is 12.5 Å². The fraction of sp³-hybridized carbons (Fsp3) is 0.389. The number of carbonyl (C=O) groups excluding carboxylic acids is 1. The summed E-state index contributed by atoms with van der Waals surface area (Å²) in [6.07, 6.45) is 3.83. The molecule has 0 atom stereocenters. The number of ether oxygens (including phenoxy) is 1. The van der Waals surface area contributed by atoms with Crippen molar-refractivity contribution >= 4 is 17.5 Å². The molecule has 6 heteroatoms. The van der Waals surface area contributed by atoms with Gasteiger partial charge in [0, 0.05) is 19.2 Å². The fourth-order valence-electron chi connectivity index (χ4n) is 2.67. The number of hydrogen-bond donors (Lipinski definition) is 1. The lowest BCUT2D eigenvalue weighted by atomic mass is 10.1. The van der Waals surface area contributed by atoms with Crippen LogP contribution in [0, 0.1) is 13.8 Å². The Morgan fingerprint density at radius 1 is 1.17 bits per heavy atom. The average molecular weight is 326 g/mol. The number of amides is 1. The highest BCUT2D eigenvalue weighted by atomic mass is 16.5. The van der Waals surface area contributed by atoms with Crippen LogP contribution in [0.5, 0.6) is 5.75 Å². The van der Waals surface area contributed by atoms with Crippen molar-refractivity contribution in [2.45, 2.75) is 26.7 Å². The molecule has 3 rings (SSSR count). The van der Waals surface area contributed by atoms with Gasteiger partial charge < -0.3 is 15.0 Å². The topological polar surface area (TPSA) is 67.3 Å². The standard InChI is InChI=1S/C18H22N4O2/c1-13-5-6-15(9-14(13)2)24-11-18(23)21-16-10-17(20-12-19-16)22-7-3-4-8-22/h5-6,9-10,12H,3-4,7-8,11H2,1-2H3,(H,19,20,21,23). The molecule has 1 aromatic heterocycles. The van der Waals surface area contributed by atoms with Crippen molar-refractivity contribution < 1.29 is 9.53 Å². The van der Waals surface area contributed by atoms with Crippen molar-refractivity contribution in [3.63, 3.8) is 0 Å². The lowest BCUT2D eigenvalue weighted by molar-refractivity contribution is -0.118. The largest absolute Gasteiger partial charge is 0.484 e. The van der Waals surface area contributed by atoms with Crippen LogP contribution < -0.4 is 15.0 Å². The minimum Gasteiger partial charge on any atom is -0.484 e. The number of carbonyl (C=O) groups is 1. The number of nitrogens with zero attached hydrogens (tertiary/aromatic N) is 3. The van der Waals surface area contributed by atoms with Crippen LogP contribution in [0.2, 0.25) is 0 Å². The van der Waals surface area contributed by atoms with Crippen molar-refractivity contribution in [1.82, 2.24) is 9.97 Å². The summed E-state index contributed by atoms with van der Waals surface area (Å²) in [5.74, 6) is 1.81. The van der Waals surface area contributed by atoms with Gasteiger partial charge in [-0.3, -0.25) is 4.79 Å². The van der Waals surface area contributed by atoms with Crippen LogP contribution in [-0.2, 0) is 4.79 Å². The van der Waals surface area contributed by atoms with E-state index in [0.29, 0.717) is 11.6 Å². The maximum absolute atomic E-state index is 12.1. The second kappa shape index (κ2) is 7.29. The predicted molar refractivity (Wildman–Crippen MR) is 93.5 cm³/mol. The summed E-state index contributed by atoms with van der Waals surface area (Å²) in [4.78, 5) is 22.6. The number of rotatable bonds is 5. The Labute approximate surface area is 141 Å². The molecule has 24 heavy (non-hydrogen) atoms. The Hall–Kier alpha value is -2.63. The van der Waals surface area contributed by atoms with Gasteiger partial charge in [-0.05, 0) is 49.9 Å². The summed E-state index contributed by atoms with van der Waals surface area (Å²) in [6.45, 7) is 6.01. The van der Waals surface area contributed by atoms with E-state index in [0.717, 1.165) is 24.5 Å². The van der Waals surface area contributed by atoms with E-state index >= 15 is 0 Å². The molecule has 1 N–H and O–H groups in total. The minimum absolute atomic E-state index is 0.0500. The second-order valence-corrected chi connectivity index (χ2v) is 6.04. The van der Waals surface area contributed by atoms with Crippen LogP contribution in [0.25, 0.3) is 0 Å². The number of benzene rings is 1. The number of aryl methyl sites for hydroxylation is 2. The Morgan fingerprint density at radius 3 is 2.71 bits per heavy atom. The van der Waals surface area contributed by atoms with Crippen molar-refractivity contribution in [2.75, 3.05) is 29.9 Å². The Bertz CT molecular complexity index is 727. The molecule has 2 heterocycles. The van der Waals surface area contributed by atoms with E-state index < -0.39 is 0 Å². The molecule has 1 aliphatic heterocycles. The smallest absolute Gasteiger partial charge is 0.263 e. The zero-order chi connectivity index (χ0) is 16.9. The van der Waals surface area contributed by atoms with E-state index in [1.165, 1.54) is 24.7 Å². The molecule has 1 aliphatic rings. The first-order valence-corrected chi connectivity index (χ1v) is 8.19. The number of hydrogen-bond acceptors (Lipinski definition) is 5. The summed E-state index contributed by atoms with van der Waals surface area (Å²) in [6, 6.07) is 7.58. The number of aromatic nitrogens is 2. The van der Waals surface area contributed by atoms with Crippen LogP contribution in [0.15, 0.2) is 30.6 Å². The Balaban J connectivity index is 1.56. The minimum atomic E-state index is -0.237. The van der Waals surface area contributed by atoms with Gasteiger partial charge in [0.2, 0.25) is 0 Å². The first-order chi connectivity index (χ1) is 11.6. The molecule has 1 saturated heterocycles. The molecule has 126 valence electrons. The summed E-state index contributed by atoms with van der Waals surface area (Å²) >= 11 is 0. The van der Waals surface area contributed by atoms with Crippen LogP contribution >= 0.6 is 0 Å². The first-order valence-electron chi connectivity index (χ1n) is 8.19. The lowest BCUT2D eigenvalue weighted by Crippen LogP contribution is -2.22. The third kappa shape index (κ3) is 4.01. The van der Waals surface area contributed by atoms with Crippen LogP contribution in [0.4, 0.5) is 11.6 Å². The Morgan fingerprint density at radius 2 is 1.96 bits per heavy atom. The van der Waals surface area contributed by atoms with Gasteiger partial charge in [0.25, 0.3) is 5.91 Å². The normalized spacial score (nSPS) is 13.8. The fourth-order valence-corrected chi connectivity index (χ4v) is 2.67. The quantitative estimate of drug-likeness (QED) is 0.915. The molecule has 1 fully saturated rings. The lowest BCUT2D eigenvalue weighted by Gasteiger charge is -2.16. The summed E-state index contributed by atoms with van der Waals surface area (Å²) in [5.41, 5.74) is 2.33. The van der Waals surface area contributed by atoms with E-state index in [4.69, 9.17) is 4.74 Å². The molecule has 2 aromatic rings. The zero-order valence-electron chi connectivity index (χ0n) is 14.1. The van der Waals surface area contributed by atoms with Crippen molar-refractivity contribution in [3.05, 3.63) is 41.7 Å². The molecule has 1 aromatic carbocycles. The van der Waals surface area contributed by atoms with Gasteiger partial charge in [-0.2, -0.15) is 0 Å². The highest BCUT2D eigenvalue weighted by Crippen LogP contribution is 2.19. The summed E-state index contributed by atoms with van der Waals surface area (Å²) < 4.78 is 5.54. The third-order valence-electron chi connectivity index (χ3n) is 4.20. The molecule has 0 unspecified atom stereocenters. The predicted octanol–water partition coefficient (Wildman–Crippen LogP) is 2.71. The van der Waals surface area contributed by atoms with Gasteiger partial charge in [-0.1, -0.05) is 6.07 Å². The van der Waals surface area contributed by atoms with Gasteiger partial charge in [-0.15, -0.1) is 0 Å². The van der Waals surface area contributed by atoms with Crippen LogP contribution in [0.3, 0.4) is 0 Å². The third-order valence-corrected chi connectivity index (χ3v) is 4.20. The maximum atomic E-state index is 12.1. The molecule has 6 nitrogen and oxygen atoms in total. The van der Waals surface area contributed by atoms with Crippen molar-refractivity contribution in [3.8, 4) is 5.75 Å².